The van der Waals surface area contributed by atoms with Crippen LogP contribution in [-0.4, -0.2) is 12.8 Å². The van der Waals surface area contributed by atoms with E-state index in [0.29, 0.717) is 23.3 Å². The van der Waals surface area contributed by atoms with E-state index in [4.69, 9.17) is 14.3 Å². The molecule has 5 heteroatoms. The van der Waals surface area contributed by atoms with Crippen LogP contribution >= 0.6 is 0 Å². The first-order chi connectivity index (χ1) is 14.7. The van der Waals surface area contributed by atoms with Gasteiger partial charge >= 0.3 is 5.63 Å². The molecule has 5 rings (SSSR count). The molecule has 0 saturated carbocycles. The minimum atomic E-state index is -0.369. The molecule has 0 fully saturated rings. The van der Waals surface area contributed by atoms with Crippen LogP contribution < -0.4 is 15.4 Å². The first-order valence-electron chi connectivity index (χ1n) is 9.82. The summed E-state index contributed by atoms with van der Waals surface area (Å²) >= 11 is 0. The number of hydrazone groups is 1. The van der Waals surface area contributed by atoms with E-state index < -0.39 is 0 Å². The monoisotopic (exact) mass is 396 g/mol. The zero-order valence-corrected chi connectivity index (χ0v) is 16.5. The lowest BCUT2D eigenvalue weighted by atomic mass is 9.98. The van der Waals surface area contributed by atoms with Crippen molar-refractivity contribution < 1.29 is 9.15 Å². The van der Waals surface area contributed by atoms with Crippen molar-refractivity contribution in [2.45, 2.75) is 12.5 Å². The Labute approximate surface area is 173 Å². The molecule has 30 heavy (non-hydrogen) atoms. The predicted molar refractivity (Wildman–Crippen MR) is 118 cm³/mol. The number of hydrogen-bond acceptors (Lipinski definition) is 5. The first kappa shape index (κ1) is 18.2. The Balaban J connectivity index is 1.62. The third-order valence-electron chi connectivity index (χ3n) is 5.36. The Morgan fingerprint density at radius 1 is 0.967 bits per heavy atom. The summed E-state index contributed by atoms with van der Waals surface area (Å²) in [5.74, 6) is 0.791. The first-order valence-corrected chi connectivity index (χ1v) is 9.82. The molecule has 0 spiro atoms. The average molecular weight is 396 g/mol. The summed E-state index contributed by atoms with van der Waals surface area (Å²) in [5, 5.41) is 7.71. The summed E-state index contributed by atoms with van der Waals surface area (Å²) in [6.07, 6.45) is 0.588. The molecule has 1 aromatic heterocycles. The Bertz CT molecular complexity index is 1290. The molecule has 148 valence electrons. The van der Waals surface area contributed by atoms with Gasteiger partial charge in [0.2, 0.25) is 0 Å². The maximum Gasteiger partial charge on any atom is 0.345 e. The second-order valence-electron chi connectivity index (χ2n) is 7.21. The Morgan fingerprint density at radius 3 is 2.60 bits per heavy atom. The number of fused-ring (bicyclic) bond motifs is 1. The van der Waals surface area contributed by atoms with Gasteiger partial charge in [0.15, 0.2) is 0 Å². The second-order valence-corrected chi connectivity index (χ2v) is 7.21. The van der Waals surface area contributed by atoms with Crippen LogP contribution in [0.25, 0.3) is 11.0 Å². The molecule has 0 saturated heterocycles. The van der Waals surface area contributed by atoms with E-state index in [-0.39, 0.29) is 11.7 Å². The van der Waals surface area contributed by atoms with Crippen LogP contribution in [0.4, 0.5) is 5.69 Å². The van der Waals surface area contributed by atoms with Crippen LogP contribution in [-0.2, 0) is 0 Å². The lowest BCUT2D eigenvalue weighted by Crippen LogP contribution is -2.18. The summed E-state index contributed by atoms with van der Waals surface area (Å²) in [6, 6.07) is 27.3. The molecule has 3 aromatic carbocycles. The van der Waals surface area contributed by atoms with Crippen molar-refractivity contribution in [2.24, 2.45) is 5.10 Å². The number of benzene rings is 3. The van der Waals surface area contributed by atoms with Gasteiger partial charge in [0.1, 0.15) is 11.3 Å². The van der Waals surface area contributed by atoms with Crippen LogP contribution in [0, 0.1) is 0 Å². The fourth-order valence-corrected chi connectivity index (χ4v) is 3.86. The van der Waals surface area contributed by atoms with Crippen molar-refractivity contribution in [1.82, 2.24) is 0 Å². The van der Waals surface area contributed by atoms with E-state index in [1.807, 2.05) is 77.8 Å². The van der Waals surface area contributed by atoms with Crippen LogP contribution in [0.15, 0.2) is 99.2 Å². The summed E-state index contributed by atoms with van der Waals surface area (Å²) in [6.45, 7) is 0. The van der Waals surface area contributed by atoms with Crippen LogP contribution in [0.5, 0.6) is 5.75 Å². The molecule has 0 N–H and O–H groups in total. The van der Waals surface area contributed by atoms with Crippen molar-refractivity contribution >= 4 is 22.4 Å². The molecular weight excluding hydrogens is 376 g/mol. The molecule has 0 amide bonds. The van der Waals surface area contributed by atoms with Gasteiger partial charge in [-0.3, -0.25) is 5.01 Å². The molecule has 1 aliphatic heterocycles. The number of ether oxygens (including phenoxy) is 1. The van der Waals surface area contributed by atoms with Crippen molar-refractivity contribution in [3.8, 4) is 5.75 Å². The predicted octanol–water partition coefficient (Wildman–Crippen LogP) is 5.16. The number of para-hydroxylation sites is 2. The molecule has 5 nitrogen and oxygen atoms in total. The molecular formula is C25H20N2O3. The number of rotatable bonds is 4. The van der Waals surface area contributed by atoms with Gasteiger partial charge in [-0.15, -0.1) is 0 Å². The SMILES string of the molecule is COc1cccc([C@H]2CC(c3cc4ccccc4oc3=O)=NN2c2ccccc2)c1. The Hall–Kier alpha value is -3.86. The summed E-state index contributed by atoms with van der Waals surface area (Å²) in [5.41, 5.74) is 3.46. The molecule has 2 heterocycles. The lowest BCUT2D eigenvalue weighted by Gasteiger charge is -2.24. The fraction of sp³-hybridized carbons (Fsp3) is 0.120. The smallest absolute Gasteiger partial charge is 0.345 e. The standard InChI is InChI=1S/C25H20N2O3/c1-29-20-12-7-9-17(14-20)23-16-22(26-27(23)19-10-3-2-4-11-19)21-15-18-8-5-6-13-24(18)30-25(21)28/h2-15,23H,16H2,1H3/t23-/m1/s1. The second kappa shape index (κ2) is 7.52. The summed E-state index contributed by atoms with van der Waals surface area (Å²) < 4.78 is 11.0. The normalized spacial score (nSPS) is 16.0. The highest BCUT2D eigenvalue weighted by Gasteiger charge is 2.31. The number of anilines is 1. The molecule has 0 bridgehead atoms. The maximum atomic E-state index is 12.7. The quantitative estimate of drug-likeness (QED) is 0.447. The average Bonchev–Trinajstić information content (AvgIpc) is 3.24. The van der Waals surface area contributed by atoms with Crippen LogP contribution in [0.1, 0.15) is 23.6 Å². The van der Waals surface area contributed by atoms with Gasteiger partial charge in [0, 0.05) is 11.8 Å². The minimum Gasteiger partial charge on any atom is -0.497 e. The zero-order chi connectivity index (χ0) is 20.5. The van der Waals surface area contributed by atoms with E-state index >= 15 is 0 Å². The van der Waals surface area contributed by atoms with E-state index in [9.17, 15) is 4.79 Å². The summed E-state index contributed by atoms with van der Waals surface area (Å²) in [4.78, 5) is 12.7. The number of methoxy groups -OCH3 is 1. The van der Waals surface area contributed by atoms with E-state index in [1.54, 1.807) is 13.2 Å². The topological polar surface area (TPSA) is 55.0 Å². The summed E-state index contributed by atoms with van der Waals surface area (Å²) in [7, 11) is 1.66. The van der Waals surface area contributed by atoms with Gasteiger partial charge in [-0.2, -0.15) is 5.10 Å². The van der Waals surface area contributed by atoms with Gasteiger partial charge in [0.05, 0.1) is 30.1 Å². The lowest BCUT2D eigenvalue weighted by molar-refractivity contribution is 0.414. The maximum absolute atomic E-state index is 12.7. The highest BCUT2D eigenvalue weighted by molar-refractivity contribution is 6.04. The molecule has 0 aliphatic carbocycles. The minimum absolute atomic E-state index is 0.0524. The highest BCUT2D eigenvalue weighted by atomic mass is 16.5. The van der Waals surface area contributed by atoms with Gasteiger partial charge < -0.3 is 9.15 Å². The Kier molecular flexibility index (Phi) is 4.56. The molecule has 1 atom stereocenters. The van der Waals surface area contributed by atoms with Crippen molar-refractivity contribution in [3.63, 3.8) is 0 Å². The molecule has 0 radical (unpaired) electrons. The van der Waals surface area contributed by atoms with Crippen molar-refractivity contribution in [3.05, 3.63) is 106 Å². The third-order valence-corrected chi connectivity index (χ3v) is 5.36. The fourth-order valence-electron chi connectivity index (χ4n) is 3.86. The largest absolute Gasteiger partial charge is 0.497 e. The molecule has 0 unspecified atom stereocenters. The van der Waals surface area contributed by atoms with E-state index in [0.717, 1.165) is 22.4 Å². The van der Waals surface area contributed by atoms with E-state index in [1.165, 1.54) is 0 Å². The van der Waals surface area contributed by atoms with Crippen molar-refractivity contribution in [2.75, 3.05) is 12.1 Å². The molecule has 1 aliphatic rings. The molecule has 4 aromatic rings. The van der Waals surface area contributed by atoms with Crippen LogP contribution in [0.3, 0.4) is 0 Å². The van der Waals surface area contributed by atoms with Crippen LogP contribution in [0.2, 0.25) is 0 Å². The van der Waals surface area contributed by atoms with Gasteiger partial charge in [-0.1, -0.05) is 48.5 Å². The zero-order valence-electron chi connectivity index (χ0n) is 16.5. The number of hydrogen-bond donors (Lipinski definition) is 0. The van der Waals surface area contributed by atoms with Gasteiger partial charge in [-0.05, 0) is 42.0 Å². The van der Waals surface area contributed by atoms with Gasteiger partial charge in [0.25, 0.3) is 0 Å². The third kappa shape index (κ3) is 3.24. The van der Waals surface area contributed by atoms with E-state index in [2.05, 4.69) is 6.07 Å². The van der Waals surface area contributed by atoms with Crippen molar-refractivity contribution in [1.29, 1.82) is 0 Å². The number of nitrogens with zero attached hydrogens (tertiary/aromatic N) is 2. The highest BCUT2D eigenvalue weighted by Crippen LogP contribution is 2.37. The Morgan fingerprint density at radius 2 is 1.77 bits per heavy atom. The van der Waals surface area contributed by atoms with Gasteiger partial charge in [-0.25, -0.2) is 4.79 Å².